The summed E-state index contributed by atoms with van der Waals surface area (Å²) in [4.78, 5) is 6.42. The van der Waals surface area contributed by atoms with E-state index in [9.17, 15) is 0 Å². The molecule has 0 amide bonds. The molecular formula is C19H18ClN5. The third-order valence-corrected chi connectivity index (χ3v) is 4.57. The summed E-state index contributed by atoms with van der Waals surface area (Å²) in [5.41, 5.74) is 4.39. The zero-order chi connectivity index (χ0) is 17.4. The molecule has 0 aliphatic carbocycles. The number of halogens is 1. The highest BCUT2D eigenvalue weighted by molar-refractivity contribution is 6.30. The standard InChI is InChI=1S/C19H18ClN5/c1-24(2)16-9-5-14(6-10-16)18-11-17(13-3-7-15(20)8-4-13)23-19-21-12-22-25(18)19/h3-12,18H,1-2H3,(H,21,22,23). The molecule has 0 bridgehead atoms. The second-order valence-corrected chi connectivity index (χ2v) is 6.61. The number of aromatic nitrogens is 3. The zero-order valence-electron chi connectivity index (χ0n) is 14.0. The fourth-order valence-corrected chi connectivity index (χ4v) is 3.06. The molecule has 0 radical (unpaired) electrons. The third-order valence-electron chi connectivity index (χ3n) is 4.31. The third kappa shape index (κ3) is 2.98. The van der Waals surface area contributed by atoms with Crippen molar-refractivity contribution in [1.29, 1.82) is 0 Å². The molecule has 2 heterocycles. The molecular weight excluding hydrogens is 334 g/mol. The minimum absolute atomic E-state index is 0.0133. The van der Waals surface area contributed by atoms with Gasteiger partial charge in [0.2, 0.25) is 5.95 Å². The maximum Gasteiger partial charge on any atom is 0.226 e. The van der Waals surface area contributed by atoms with E-state index in [0.717, 1.165) is 27.8 Å². The summed E-state index contributed by atoms with van der Waals surface area (Å²) in [5.74, 6) is 0.731. The van der Waals surface area contributed by atoms with Gasteiger partial charge in [0, 0.05) is 30.5 Å². The summed E-state index contributed by atoms with van der Waals surface area (Å²) < 4.78 is 1.89. The van der Waals surface area contributed by atoms with Gasteiger partial charge in [-0.2, -0.15) is 10.1 Å². The van der Waals surface area contributed by atoms with E-state index in [1.165, 1.54) is 5.69 Å². The van der Waals surface area contributed by atoms with Crippen molar-refractivity contribution in [1.82, 2.24) is 14.8 Å². The molecule has 1 N–H and O–H groups in total. The zero-order valence-corrected chi connectivity index (χ0v) is 14.8. The number of anilines is 2. The number of hydrogen-bond donors (Lipinski definition) is 1. The van der Waals surface area contributed by atoms with E-state index in [2.05, 4.69) is 50.6 Å². The van der Waals surface area contributed by atoms with Gasteiger partial charge in [-0.05, 0) is 41.5 Å². The van der Waals surface area contributed by atoms with E-state index in [1.54, 1.807) is 6.33 Å². The van der Waals surface area contributed by atoms with Crippen LogP contribution in [0.1, 0.15) is 17.2 Å². The lowest BCUT2D eigenvalue weighted by molar-refractivity contribution is 0.612. The van der Waals surface area contributed by atoms with Crippen molar-refractivity contribution in [2.45, 2.75) is 6.04 Å². The van der Waals surface area contributed by atoms with Crippen molar-refractivity contribution in [2.75, 3.05) is 24.3 Å². The van der Waals surface area contributed by atoms with Crippen molar-refractivity contribution >= 4 is 28.9 Å². The Labute approximate surface area is 151 Å². The highest BCUT2D eigenvalue weighted by Crippen LogP contribution is 2.32. The molecule has 0 spiro atoms. The molecule has 0 fully saturated rings. The van der Waals surface area contributed by atoms with Crippen molar-refractivity contribution in [2.24, 2.45) is 0 Å². The Morgan fingerprint density at radius 1 is 1.04 bits per heavy atom. The second kappa shape index (κ2) is 6.26. The molecule has 25 heavy (non-hydrogen) atoms. The number of nitrogens with zero attached hydrogens (tertiary/aromatic N) is 4. The maximum atomic E-state index is 6.01. The van der Waals surface area contributed by atoms with E-state index in [1.807, 2.05) is 43.0 Å². The molecule has 1 atom stereocenters. The van der Waals surface area contributed by atoms with Gasteiger partial charge in [0.1, 0.15) is 12.4 Å². The summed E-state index contributed by atoms with van der Waals surface area (Å²) >= 11 is 6.01. The van der Waals surface area contributed by atoms with Crippen LogP contribution in [0.25, 0.3) is 5.70 Å². The van der Waals surface area contributed by atoms with E-state index in [-0.39, 0.29) is 6.04 Å². The predicted molar refractivity (Wildman–Crippen MR) is 102 cm³/mol. The van der Waals surface area contributed by atoms with Crippen LogP contribution in [0, 0.1) is 0 Å². The topological polar surface area (TPSA) is 46.0 Å². The number of rotatable bonds is 3. The summed E-state index contributed by atoms with van der Waals surface area (Å²) in [6.45, 7) is 0. The predicted octanol–water partition coefficient (Wildman–Crippen LogP) is 4.05. The van der Waals surface area contributed by atoms with Crippen LogP contribution in [0.5, 0.6) is 0 Å². The highest BCUT2D eigenvalue weighted by atomic mass is 35.5. The van der Waals surface area contributed by atoms with E-state index < -0.39 is 0 Å². The van der Waals surface area contributed by atoms with Gasteiger partial charge >= 0.3 is 0 Å². The van der Waals surface area contributed by atoms with Crippen molar-refractivity contribution < 1.29 is 0 Å². The van der Waals surface area contributed by atoms with Crippen molar-refractivity contribution in [3.05, 3.63) is 77.1 Å². The Hall–Kier alpha value is -2.79. The SMILES string of the molecule is CN(C)c1ccc(C2C=C(c3ccc(Cl)cc3)Nc3ncnn32)cc1. The van der Waals surface area contributed by atoms with Gasteiger partial charge < -0.3 is 10.2 Å². The first kappa shape index (κ1) is 15.7. The van der Waals surface area contributed by atoms with Crippen LogP contribution < -0.4 is 10.2 Å². The molecule has 2 aromatic carbocycles. The monoisotopic (exact) mass is 351 g/mol. The highest BCUT2D eigenvalue weighted by Gasteiger charge is 2.23. The molecule has 1 aliphatic rings. The first-order valence-electron chi connectivity index (χ1n) is 8.03. The molecule has 5 nitrogen and oxygen atoms in total. The Bertz CT molecular complexity index is 910. The van der Waals surface area contributed by atoms with Crippen LogP contribution in [-0.4, -0.2) is 28.9 Å². The summed E-state index contributed by atoms with van der Waals surface area (Å²) in [6, 6.07) is 16.3. The molecule has 6 heteroatoms. The van der Waals surface area contributed by atoms with E-state index in [0.29, 0.717) is 0 Å². The Morgan fingerprint density at radius 3 is 2.44 bits per heavy atom. The summed E-state index contributed by atoms with van der Waals surface area (Å²) in [5, 5.41) is 8.44. The largest absolute Gasteiger partial charge is 0.378 e. The average Bonchev–Trinajstić information content (AvgIpc) is 3.10. The number of fused-ring (bicyclic) bond motifs is 1. The first-order chi connectivity index (χ1) is 12.1. The van der Waals surface area contributed by atoms with Gasteiger partial charge in [0.25, 0.3) is 0 Å². The number of allylic oxidation sites excluding steroid dienone is 1. The van der Waals surface area contributed by atoms with Gasteiger partial charge in [0.05, 0.1) is 0 Å². The van der Waals surface area contributed by atoms with Crippen LogP contribution in [0.4, 0.5) is 11.6 Å². The number of nitrogens with one attached hydrogen (secondary N) is 1. The molecule has 0 saturated carbocycles. The molecule has 126 valence electrons. The summed E-state index contributed by atoms with van der Waals surface area (Å²) in [7, 11) is 4.07. The lowest BCUT2D eigenvalue weighted by Crippen LogP contribution is -2.20. The van der Waals surface area contributed by atoms with Crippen molar-refractivity contribution in [3.63, 3.8) is 0 Å². The lowest BCUT2D eigenvalue weighted by Gasteiger charge is -2.25. The van der Waals surface area contributed by atoms with Gasteiger partial charge in [-0.3, -0.25) is 0 Å². The normalized spacial score (nSPS) is 16.0. The van der Waals surface area contributed by atoms with Crippen LogP contribution in [0.3, 0.4) is 0 Å². The Balaban J connectivity index is 1.75. The lowest BCUT2D eigenvalue weighted by atomic mass is 10.0. The molecule has 0 saturated heterocycles. The summed E-state index contributed by atoms with van der Waals surface area (Å²) in [6.07, 6.45) is 3.73. The first-order valence-corrected chi connectivity index (χ1v) is 8.41. The van der Waals surface area contributed by atoms with Gasteiger partial charge in [-0.1, -0.05) is 35.9 Å². The van der Waals surface area contributed by atoms with E-state index in [4.69, 9.17) is 11.6 Å². The Kier molecular flexibility index (Phi) is 3.93. The molecule has 4 rings (SSSR count). The minimum Gasteiger partial charge on any atom is -0.378 e. The second-order valence-electron chi connectivity index (χ2n) is 6.17. The van der Waals surface area contributed by atoms with Crippen LogP contribution in [0.2, 0.25) is 5.02 Å². The van der Waals surface area contributed by atoms with Crippen LogP contribution in [0.15, 0.2) is 60.9 Å². The minimum atomic E-state index is -0.0133. The fraction of sp³-hybridized carbons (Fsp3) is 0.158. The van der Waals surface area contributed by atoms with Gasteiger partial charge in [0.15, 0.2) is 0 Å². The molecule has 1 aromatic heterocycles. The molecule has 3 aromatic rings. The fourth-order valence-electron chi connectivity index (χ4n) is 2.94. The smallest absolute Gasteiger partial charge is 0.226 e. The molecule has 1 aliphatic heterocycles. The van der Waals surface area contributed by atoms with E-state index >= 15 is 0 Å². The molecule has 1 unspecified atom stereocenters. The van der Waals surface area contributed by atoms with Crippen LogP contribution in [-0.2, 0) is 0 Å². The van der Waals surface area contributed by atoms with Crippen molar-refractivity contribution in [3.8, 4) is 0 Å². The van der Waals surface area contributed by atoms with Crippen LogP contribution >= 0.6 is 11.6 Å². The van der Waals surface area contributed by atoms with Gasteiger partial charge in [-0.15, -0.1) is 0 Å². The average molecular weight is 352 g/mol. The Morgan fingerprint density at radius 2 is 1.76 bits per heavy atom. The van der Waals surface area contributed by atoms with Gasteiger partial charge in [-0.25, -0.2) is 4.68 Å². The quantitative estimate of drug-likeness (QED) is 0.773. The maximum absolute atomic E-state index is 6.01. The number of benzene rings is 2. The number of hydrogen-bond acceptors (Lipinski definition) is 4.